The number of rotatable bonds is 3. The van der Waals surface area contributed by atoms with Crippen LogP contribution in [0.4, 0.5) is 17.1 Å². The molecule has 258 valence electrons. The maximum absolute atomic E-state index is 2.73. The van der Waals surface area contributed by atoms with Crippen LogP contribution >= 0.6 is 23.1 Å². The summed E-state index contributed by atoms with van der Waals surface area (Å²) in [6.07, 6.45) is 0.880. The summed E-state index contributed by atoms with van der Waals surface area (Å²) in [5.41, 5.74) is 6.53. The molecule has 2 aliphatic heterocycles. The molecule has 55 heavy (non-hydrogen) atoms. The minimum atomic E-state index is -2.73. The van der Waals surface area contributed by atoms with E-state index in [0.29, 0.717) is 0 Å². The van der Waals surface area contributed by atoms with Gasteiger partial charge in [-0.15, -0.1) is 11.3 Å². The molecule has 12 rings (SSSR count). The van der Waals surface area contributed by atoms with E-state index in [0.717, 1.165) is 6.42 Å². The van der Waals surface area contributed by atoms with Crippen molar-refractivity contribution in [2.24, 2.45) is 0 Å². The Morgan fingerprint density at radius 2 is 1.05 bits per heavy atom. The summed E-state index contributed by atoms with van der Waals surface area (Å²) < 4.78 is 2.63. The molecule has 0 N–H and O–H groups in total. The summed E-state index contributed by atoms with van der Waals surface area (Å²) in [5.74, 6) is 0. The van der Waals surface area contributed by atoms with Gasteiger partial charge in [0.1, 0.15) is 0 Å². The number of nitrogens with zero attached hydrogens (tertiary/aromatic N) is 1. The maximum atomic E-state index is 2.59. The van der Waals surface area contributed by atoms with E-state index in [1.165, 1.54) is 100 Å². The number of hydrogen-bond donors (Lipinski definition) is 0. The van der Waals surface area contributed by atoms with E-state index < -0.39 is 8.07 Å². The van der Waals surface area contributed by atoms with Gasteiger partial charge in [0.2, 0.25) is 0 Å². The molecule has 0 amide bonds. The van der Waals surface area contributed by atoms with E-state index in [-0.39, 0.29) is 0 Å². The molecule has 0 atom stereocenters. The van der Waals surface area contributed by atoms with Gasteiger partial charge in [-0.1, -0.05) is 157 Å². The summed E-state index contributed by atoms with van der Waals surface area (Å²) in [7, 11) is -2.73. The van der Waals surface area contributed by atoms with Gasteiger partial charge in [0.25, 0.3) is 0 Å². The molecule has 10 aromatic rings. The van der Waals surface area contributed by atoms with Crippen LogP contribution in [0.2, 0.25) is 0 Å². The highest BCUT2D eigenvalue weighted by molar-refractivity contribution is 8.00. The maximum Gasteiger partial charge on any atom is 0.182 e. The average Bonchev–Trinajstić information content (AvgIpc) is 3.63. The van der Waals surface area contributed by atoms with Gasteiger partial charge in [0.05, 0.1) is 10.4 Å². The van der Waals surface area contributed by atoms with Crippen LogP contribution in [0.25, 0.3) is 41.7 Å². The Kier molecular flexibility index (Phi) is 6.88. The largest absolute Gasteiger partial charge is 0.309 e. The third-order valence-corrected chi connectivity index (χ3v) is 19.8. The predicted molar refractivity (Wildman–Crippen MR) is 240 cm³/mol. The zero-order valence-corrected chi connectivity index (χ0v) is 32.5. The minimum absolute atomic E-state index is 0.880. The molecular formula is C51H33NS2Si. The van der Waals surface area contributed by atoms with Crippen LogP contribution < -0.4 is 25.6 Å². The molecule has 9 aromatic carbocycles. The molecule has 4 heteroatoms. The molecule has 0 bridgehead atoms. The normalized spacial score (nSPS) is 13.8. The first kappa shape index (κ1) is 31.4. The second-order valence-corrected chi connectivity index (χ2v) is 20.6. The second kappa shape index (κ2) is 12.0. The fourth-order valence-electron chi connectivity index (χ4n) is 9.73. The zero-order valence-electron chi connectivity index (χ0n) is 29.9. The molecule has 0 saturated heterocycles. The van der Waals surface area contributed by atoms with Gasteiger partial charge >= 0.3 is 0 Å². The van der Waals surface area contributed by atoms with Crippen molar-refractivity contribution in [1.82, 2.24) is 0 Å². The fourth-order valence-corrected chi connectivity index (χ4v) is 18.4. The first-order valence-corrected chi connectivity index (χ1v) is 22.6. The monoisotopic (exact) mass is 751 g/mol. The number of hydrogen-bond acceptors (Lipinski definition) is 3. The topological polar surface area (TPSA) is 3.24 Å². The van der Waals surface area contributed by atoms with Crippen LogP contribution in [-0.2, 0) is 6.42 Å². The van der Waals surface area contributed by atoms with Crippen molar-refractivity contribution < 1.29 is 0 Å². The van der Waals surface area contributed by atoms with E-state index in [2.05, 4.69) is 193 Å². The third-order valence-electron chi connectivity index (χ3n) is 12.0. The standard InChI is InChI=1S/C51H33NS2Si/c1-3-15-37-33(13-1)27-28-34-31-36(29-30-38(34)37)52(43-19-11-17-40-39-16-4-5-20-44(39)54-51(40)43)42-18-12-26-48-41(42)32-35-14-2-8-23-47(35)55(48)49-24-9-6-21-45(49)53-46-22-7-10-25-50(46)55/h1-31H,32H2. The van der Waals surface area contributed by atoms with Crippen LogP contribution in [0, 0.1) is 0 Å². The quantitative estimate of drug-likeness (QED) is 0.131. The third kappa shape index (κ3) is 4.47. The van der Waals surface area contributed by atoms with E-state index in [4.69, 9.17) is 0 Å². The van der Waals surface area contributed by atoms with Crippen molar-refractivity contribution >= 4 is 111 Å². The van der Waals surface area contributed by atoms with Gasteiger partial charge in [0.15, 0.2) is 8.07 Å². The van der Waals surface area contributed by atoms with Crippen LogP contribution in [0.3, 0.4) is 0 Å². The van der Waals surface area contributed by atoms with Crippen molar-refractivity contribution in [3.05, 3.63) is 199 Å². The molecule has 0 saturated carbocycles. The summed E-state index contributed by atoms with van der Waals surface area (Å²) >= 11 is 3.84. The zero-order chi connectivity index (χ0) is 36.1. The van der Waals surface area contributed by atoms with Crippen LogP contribution in [0.5, 0.6) is 0 Å². The number of fused-ring (bicyclic) bond motifs is 14. The van der Waals surface area contributed by atoms with Crippen LogP contribution in [0.15, 0.2) is 198 Å². The van der Waals surface area contributed by atoms with Crippen LogP contribution in [0.1, 0.15) is 11.1 Å². The van der Waals surface area contributed by atoms with E-state index >= 15 is 0 Å². The molecule has 1 aromatic heterocycles. The van der Waals surface area contributed by atoms with Gasteiger partial charge in [0, 0.05) is 36.6 Å². The lowest BCUT2D eigenvalue weighted by Gasteiger charge is -2.45. The highest BCUT2D eigenvalue weighted by Crippen LogP contribution is 2.47. The predicted octanol–water partition coefficient (Wildman–Crippen LogP) is 11.6. The summed E-state index contributed by atoms with van der Waals surface area (Å²) in [5, 5.41) is 13.7. The van der Waals surface area contributed by atoms with Gasteiger partial charge in [-0.05, 0) is 102 Å². The number of anilines is 3. The average molecular weight is 752 g/mol. The SMILES string of the molecule is c1ccc2c(c1)Cc1c(N(c3ccc4c(ccc5ccccc54)c3)c3cccc4c3sc3ccccc34)cccc1[Si]21c2ccccc2Sc2ccccc21. The Morgan fingerprint density at radius 1 is 0.436 bits per heavy atom. The first-order chi connectivity index (χ1) is 27.3. The van der Waals surface area contributed by atoms with Gasteiger partial charge in [-0.25, -0.2) is 0 Å². The van der Waals surface area contributed by atoms with Crippen molar-refractivity contribution in [3.63, 3.8) is 0 Å². The fraction of sp³-hybridized carbons (Fsp3) is 0.0196. The summed E-state index contributed by atoms with van der Waals surface area (Å²) in [4.78, 5) is 5.36. The van der Waals surface area contributed by atoms with Crippen LogP contribution in [-0.4, -0.2) is 8.07 Å². The molecule has 3 heterocycles. The molecule has 2 aliphatic rings. The van der Waals surface area contributed by atoms with Crippen molar-refractivity contribution in [3.8, 4) is 0 Å². The van der Waals surface area contributed by atoms with Crippen molar-refractivity contribution in [1.29, 1.82) is 0 Å². The molecule has 1 nitrogen and oxygen atoms in total. The molecule has 0 radical (unpaired) electrons. The van der Waals surface area contributed by atoms with E-state index in [1.54, 1.807) is 0 Å². The molecule has 1 spiro atoms. The lowest BCUT2D eigenvalue weighted by Crippen LogP contribution is -2.79. The Balaban J connectivity index is 1.19. The highest BCUT2D eigenvalue weighted by Gasteiger charge is 2.51. The van der Waals surface area contributed by atoms with Gasteiger partial charge in [-0.2, -0.15) is 0 Å². The van der Waals surface area contributed by atoms with Gasteiger partial charge in [-0.3, -0.25) is 0 Å². The van der Waals surface area contributed by atoms with Gasteiger partial charge < -0.3 is 4.90 Å². The summed E-state index contributed by atoms with van der Waals surface area (Å²) in [6.45, 7) is 0. The Morgan fingerprint density at radius 3 is 1.91 bits per heavy atom. The Hall–Kier alpha value is -5.91. The lowest BCUT2D eigenvalue weighted by molar-refractivity contribution is 1.16. The molecule has 0 aliphatic carbocycles. The second-order valence-electron chi connectivity index (χ2n) is 14.8. The highest BCUT2D eigenvalue weighted by atomic mass is 32.2. The first-order valence-electron chi connectivity index (χ1n) is 19.0. The number of thiophene rings is 1. The molecular weight excluding hydrogens is 719 g/mol. The van der Waals surface area contributed by atoms with E-state index in [1.807, 2.05) is 23.1 Å². The smallest absolute Gasteiger partial charge is 0.182 e. The molecule has 0 fully saturated rings. The van der Waals surface area contributed by atoms with Crippen molar-refractivity contribution in [2.45, 2.75) is 16.2 Å². The van der Waals surface area contributed by atoms with Crippen molar-refractivity contribution in [2.75, 3.05) is 4.90 Å². The minimum Gasteiger partial charge on any atom is -0.309 e. The lowest BCUT2D eigenvalue weighted by atomic mass is 9.99. The van der Waals surface area contributed by atoms with E-state index in [9.17, 15) is 0 Å². The number of benzene rings is 9. The summed E-state index contributed by atoms with van der Waals surface area (Å²) in [6, 6.07) is 71.3. The Bertz CT molecular complexity index is 3130. The molecule has 0 unspecified atom stereocenters. The Labute approximate surface area is 329 Å².